The molecule has 0 bridgehead atoms. The third-order valence-corrected chi connectivity index (χ3v) is 3.83. The second-order valence-corrected chi connectivity index (χ2v) is 7.86. The van der Waals surface area contributed by atoms with Crippen LogP contribution >= 0.6 is 17.1 Å². The summed E-state index contributed by atoms with van der Waals surface area (Å²) >= 11 is 4.95. The topological polar surface area (TPSA) is 46.1 Å². The summed E-state index contributed by atoms with van der Waals surface area (Å²) in [7, 11) is 0. The van der Waals surface area contributed by atoms with Crippen LogP contribution in [0.1, 0.15) is 13.8 Å². The average molecular weight is 236 g/mol. The quantitative estimate of drug-likeness (QED) is 0.502. The van der Waals surface area contributed by atoms with E-state index in [2.05, 4.69) is 11.8 Å². The molecule has 2 nitrogen and oxygen atoms in total. The van der Waals surface area contributed by atoms with E-state index in [0.29, 0.717) is 0 Å². The van der Waals surface area contributed by atoms with Crippen LogP contribution in [0.4, 0.5) is 0 Å². The van der Waals surface area contributed by atoms with Crippen molar-refractivity contribution in [3.8, 4) is 0 Å². The summed E-state index contributed by atoms with van der Waals surface area (Å²) in [5.41, 5.74) is -3.47. The smallest absolute Gasteiger partial charge is 0.825 e. The maximum absolute atomic E-state index is 10.2. The van der Waals surface area contributed by atoms with Crippen molar-refractivity contribution >= 4 is 28.9 Å². The minimum absolute atomic E-state index is 0. The third kappa shape index (κ3) is 12.7. The van der Waals surface area contributed by atoms with Crippen LogP contribution in [-0.4, -0.2) is 5.25 Å². The van der Waals surface area contributed by atoms with Gasteiger partial charge in [-0.15, -0.1) is 11.8 Å². The molecule has 0 heterocycles. The van der Waals surface area contributed by atoms with Crippen LogP contribution in [0.5, 0.6) is 0 Å². The Morgan fingerprint density at radius 1 is 1.44 bits per heavy atom. The first-order chi connectivity index (χ1) is 3.42. The van der Waals surface area contributed by atoms with Gasteiger partial charge in [0.2, 0.25) is 0 Å². The molecule has 0 rings (SSSR count). The predicted octanol–water partition coefficient (Wildman–Crippen LogP) is 0.0706. The minimum atomic E-state index is -3.47. The summed E-state index contributed by atoms with van der Waals surface area (Å²) < 4.78 is 0. The van der Waals surface area contributed by atoms with Crippen LogP contribution < -0.4 is 9.79 Å². The zero-order valence-corrected chi connectivity index (χ0v) is 10.9. The molecule has 0 aliphatic heterocycles. The SMILES string of the molecule is CC(C)SP([O-])([O-])=S.[Zn+2]. The fourth-order valence-electron chi connectivity index (χ4n) is 0.258. The molecule has 0 N–H and O–H groups in total. The van der Waals surface area contributed by atoms with Gasteiger partial charge in [0.15, 0.2) is 0 Å². The molecular weight excluding hydrogens is 229 g/mol. The molecule has 0 saturated carbocycles. The summed E-state index contributed by atoms with van der Waals surface area (Å²) in [5, 5.41) is 0.0795. The van der Waals surface area contributed by atoms with E-state index in [4.69, 9.17) is 0 Å². The van der Waals surface area contributed by atoms with Crippen molar-refractivity contribution in [1.82, 2.24) is 0 Å². The molecule has 0 aromatic carbocycles. The average Bonchev–Trinajstić information content (AvgIpc) is 1.21. The summed E-state index contributed by atoms with van der Waals surface area (Å²) in [6.45, 7) is 3.59. The third-order valence-electron chi connectivity index (χ3n) is 0.340. The first kappa shape index (κ1) is 13.2. The van der Waals surface area contributed by atoms with Crippen molar-refractivity contribution in [3.63, 3.8) is 0 Å². The Kier molecular flexibility index (Phi) is 7.64. The fraction of sp³-hybridized carbons (Fsp3) is 1.00. The summed E-state index contributed by atoms with van der Waals surface area (Å²) in [5.74, 6) is 0. The van der Waals surface area contributed by atoms with Gasteiger partial charge in [-0.3, -0.25) is 0 Å². The van der Waals surface area contributed by atoms with E-state index in [-0.39, 0.29) is 24.7 Å². The van der Waals surface area contributed by atoms with Crippen molar-refractivity contribution in [2.75, 3.05) is 0 Å². The van der Waals surface area contributed by atoms with E-state index < -0.39 is 5.69 Å². The Balaban J connectivity index is 0. The Labute approximate surface area is 77.1 Å². The largest absolute Gasteiger partial charge is 2.00 e. The van der Waals surface area contributed by atoms with Crippen LogP contribution in [-0.2, 0) is 31.3 Å². The molecule has 0 aromatic rings. The molecular formula is C3H7O2PS2Zn. The van der Waals surface area contributed by atoms with Crippen LogP contribution in [0, 0.1) is 0 Å². The van der Waals surface area contributed by atoms with Gasteiger partial charge in [-0.05, 0) is 0 Å². The maximum atomic E-state index is 10.2. The molecule has 0 aliphatic rings. The molecule has 0 fully saturated rings. The molecule has 6 heteroatoms. The van der Waals surface area contributed by atoms with Crippen LogP contribution in [0.25, 0.3) is 0 Å². The first-order valence-electron chi connectivity index (χ1n) is 2.12. The van der Waals surface area contributed by atoms with Gasteiger partial charge in [0.25, 0.3) is 0 Å². The Morgan fingerprint density at radius 3 is 1.78 bits per heavy atom. The van der Waals surface area contributed by atoms with Crippen molar-refractivity contribution in [2.45, 2.75) is 19.1 Å². The second kappa shape index (κ2) is 5.23. The van der Waals surface area contributed by atoms with Gasteiger partial charge in [0.05, 0.1) is 0 Å². The normalized spacial score (nSPS) is 11.2. The molecule has 0 unspecified atom stereocenters. The molecule has 0 amide bonds. The summed E-state index contributed by atoms with van der Waals surface area (Å²) in [6.07, 6.45) is 0. The number of hydrogen-bond donors (Lipinski definition) is 0. The minimum Gasteiger partial charge on any atom is -0.825 e. The standard InChI is InChI=1S/C3H9O2PS2.Zn/c1-3(2)8-6(4,5)7;/h3H,1-2H3,(H2,4,5,7);/q;+2/p-2. The van der Waals surface area contributed by atoms with E-state index in [1.54, 1.807) is 13.8 Å². The first-order valence-corrected chi connectivity index (χ1v) is 6.24. The van der Waals surface area contributed by atoms with Gasteiger partial charge in [-0.25, -0.2) is 0 Å². The number of hydrogen-bond acceptors (Lipinski definition) is 4. The van der Waals surface area contributed by atoms with Gasteiger partial charge in [-0.1, -0.05) is 13.8 Å². The van der Waals surface area contributed by atoms with E-state index in [1.807, 2.05) is 0 Å². The van der Waals surface area contributed by atoms with E-state index in [1.165, 1.54) is 0 Å². The molecule has 50 valence electrons. The zero-order chi connectivity index (χ0) is 6.78. The van der Waals surface area contributed by atoms with Crippen LogP contribution in [0.2, 0.25) is 0 Å². The van der Waals surface area contributed by atoms with Gasteiger partial charge in [-0.2, -0.15) is 17.1 Å². The van der Waals surface area contributed by atoms with Gasteiger partial charge in [0, 0.05) is 5.25 Å². The monoisotopic (exact) mass is 234 g/mol. The van der Waals surface area contributed by atoms with E-state index >= 15 is 0 Å². The van der Waals surface area contributed by atoms with Crippen LogP contribution in [0.3, 0.4) is 0 Å². The van der Waals surface area contributed by atoms with Crippen LogP contribution in [0.15, 0.2) is 0 Å². The predicted molar refractivity (Wildman–Crippen MR) is 37.0 cm³/mol. The van der Waals surface area contributed by atoms with E-state index in [9.17, 15) is 9.79 Å². The molecule has 0 aromatic heterocycles. The fourth-order valence-corrected chi connectivity index (χ4v) is 3.87. The van der Waals surface area contributed by atoms with E-state index in [0.717, 1.165) is 11.4 Å². The molecule has 0 aliphatic carbocycles. The van der Waals surface area contributed by atoms with Gasteiger partial charge in [0.1, 0.15) is 0 Å². The molecule has 0 spiro atoms. The summed E-state index contributed by atoms with van der Waals surface area (Å²) in [4.78, 5) is 20.5. The van der Waals surface area contributed by atoms with Crippen molar-refractivity contribution in [2.24, 2.45) is 0 Å². The molecule has 9 heavy (non-hydrogen) atoms. The molecule has 0 radical (unpaired) electrons. The Hall–Kier alpha value is 1.54. The molecule has 0 saturated heterocycles. The Morgan fingerprint density at radius 2 is 1.78 bits per heavy atom. The van der Waals surface area contributed by atoms with Crippen molar-refractivity contribution < 1.29 is 29.3 Å². The van der Waals surface area contributed by atoms with Gasteiger partial charge < -0.3 is 9.79 Å². The summed E-state index contributed by atoms with van der Waals surface area (Å²) in [6, 6.07) is 0. The van der Waals surface area contributed by atoms with Crippen molar-refractivity contribution in [3.05, 3.63) is 0 Å². The van der Waals surface area contributed by atoms with Crippen molar-refractivity contribution in [1.29, 1.82) is 0 Å². The second-order valence-electron chi connectivity index (χ2n) is 1.60. The Bertz CT molecular complexity index is 112. The zero-order valence-electron chi connectivity index (χ0n) is 5.36. The maximum Gasteiger partial charge on any atom is 2.00 e. The van der Waals surface area contributed by atoms with Gasteiger partial charge >= 0.3 is 19.5 Å². The molecule has 0 atom stereocenters. The number of rotatable bonds is 2.